The van der Waals surface area contributed by atoms with Crippen molar-refractivity contribution in [1.29, 1.82) is 0 Å². The zero-order valence-corrected chi connectivity index (χ0v) is 11.3. The third-order valence-electron chi connectivity index (χ3n) is 3.10. The molecule has 0 fully saturated rings. The Morgan fingerprint density at radius 1 is 1.24 bits per heavy atom. The fourth-order valence-electron chi connectivity index (χ4n) is 2.13. The molecule has 0 atom stereocenters. The van der Waals surface area contributed by atoms with Gasteiger partial charge in [0.15, 0.2) is 0 Å². The Morgan fingerprint density at radius 2 is 2.05 bits per heavy atom. The predicted octanol–water partition coefficient (Wildman–Crippen LogP) is 2.29. The first-order valence-corrected chi connectivity index (χ1v) is 6.28. The van der Waals surface area contributed by atoms with Gasteiger partial charge in [-0.3, -0.25) is 4.79 Å². The molecule has 0 radical (unpaired) electrons. The molecule has 21 heavy (non-hydrogen) atoms. The molecule has 106 valence electrons. The van der Waals surface area contributed by atoms with E-state index < -0.39 is 0 Å². The van der Waals surface area contributed by atoms with Crippen LogP contribution in [0.15, 0.2) is 51.8 Å². The molecule has 6 heteroatoms. The number of H-pyrrole nitrogens is 1. The summed E-state index contributed by atoms with van der Waals surface area (Å²) < 4.78 is 10.3. The van der Waals surface area contributed by atoms with Gasteiger partial charge < -0.3 is 20.0 Å². The molecule has 3 rings (SSSR count). The molecule has 0 bridgehead atoms. The summed E-state index contributed by atoms with van der Waals surface area (Å²) >= 11 is 0. The third kappa shape index (κ3) is 2.38. The van der Waals surface area contributed by atoms with Crippen LogP contribution in [0.2, 0.25) is 0 Å². The maximum absolute atomic E-state index is 11.5. The van der Waals surface area contributed by atoms with Crippen LogP contribution < -0.4 is 16.0 Å². The van der Waals surface area contributed by atoms with Gasteiger partial charge in [-0.05, 0) is 23.8 Å². The van der Waals surface area contributed by atoms with Gasteiger partial charge in [0.1, 0.15) is 11.4 Å². The summed E-state index contributed by atoms with van der Waals surface area (Å²) in [6.45, 7) is 0. The minimum absolute atomic E-state index is 0.183. The van der Waals surface area contributed by atoms with Crippen molar-refractivity contribution in [2.75, 3.05) is 12.8 Å². The Hall–Kier alpha value is -3.02. The van der Waals surface area contributed by atoms with E-state index in [1.807, 2.05) is 24.3 Å². The molecule has 1 aromatic carbocycles. The summed E-state index contributed by atoms with van der Waals surface area (Å²) in [5.41, 5.74) is 8.11. The van der Waals surface area contributed by atoms with Crippen LogP contribution in [0.3, 0.4) is 0 Å². The number of methoxy groups -OCH3 is 1. The summed E-state index contributed by atoms with van der Waals surface area (Å²) in [6, 6.07) is 12.2. The van der Waals surface area contributed by atoms with Gasteiger partial charge in [0.2, 0.25) is 11.4 Å². The number of hydrogen-bond donors (Lipinski definition) is 2. The van der Waals surface area contributed by atoms with Crippen LogP contribution in [0, 0.1) is 0 Å². The Bertz CT molecular complexity index is 836. The van der Waals surface area contributed by atoms with Gasteiger partial charge in [-0.25, -0.2) is 0 Å². The predicted molar refractivity (Wildman–Crippen MR) is 79.0 cm³/mol. The first kappa shape index (κ1) is 13.0. The van der Waals surface area contributed by atoms with Crippen molar-refractivity contribution >= 4 is 5.88 Å². The molecule has 6 nitrogen and oxygen atoms in total. The lowest BCUT2D eigenvalue weighted by Crippen LogP contribution is -2.04. The number of aromatic amines is 1. The highest BCUT2D eigenvalue weighted by molar-refractivity contribution is 5.86. The van der Waals surface area contributed by atoms with E-state index in [1.165, 1.54) is 6.07 Å². The molecule has 2 heterocycles. The molecule has 0 aliphatic rings. The number of nitrogen functional groups attached to an aromatic ring is 1. The van der Waals surface area contributed by atoms with E-state index in [-0.39, 0.29) is 11.4 Å². The molecule has 0 aliphatic carbocycles. The standard InChI is InChI=1S/C15H13N3O3/c1-20-10-5-2-4-9(8-10)13-14(18-21-15(13)16)11-6-3-7-12(19)17-11/h2-8H,16H2,1H3,(H,17,19). The number of nitrogens with one attached hydrogen (secondary N) is 1. The highest BCUT2D eigenvalue weighted by atomic mass is 16.5. The second-order valence-electron chi connectivity index (χ2n) is 4.43. The highest BCUT2D eigenvalue weighted by Gasteiger charge is 2.18. The number of pyridine rings is 1. The minimum atomic E-state index is -0.217. The Labute approximate surface area is 120 Å². The van der Waals surface area contributed by atoms with Gasteiger partial charge in [0.25, 0.3) is 0 Å². The topological polar surface area (TPSA) is 94.1 Å². The molecule has 3 N–H and O–H groups in total. The maximum Gasteiger partial charge on any atom is 0.248 e. The molecule has 0 unspecified atom stereocenters. The zero-order chi connectivity index (χ0) is 14.8. The van der Waals surface area contributed by atoms with Crippen LogP contribution >= 0.6 is 0 Å². The quantitative estimate of drug-likeness (QED) is 0.769. The van der Waals surface area contributed by atoms with Crippen LogP contribution in [0.1, 0.15) is 0 Å². The van der Waals surface area contributed by atoms with E-state index in [4.69, 9.17) is 15.0 Å². The lowest BCUT2D eigenvalue weighted by molar-refractivity contribution is 0.415. The van der Waals surface area contributed by atoms with Crippen LogP contribution in [-0.4, -0.2) is 17.3 Å². The third-order valence-corrected chi connectivity index (χ3v) is 3.10. The molecular weight excluding hydrogens is 270 g/mol. The van der Waals surface area contributed by atoms with Gasteiger partial charge in [0, 0.05) is 6.07 Å². The number of nitrogens with zero attached hydrogens (tertiary/aromatic N) is 1. The molecular formula is C15H13N3O3. The van der Waals surface area contributed by atoms with Gasteiger partial charge in [-0.15, -0.1) is 0 Å². The molecule has 0 saturated heterocycles. The molecule has 0 spiro atoms. The number of rotatable bonds is 3. The molecule has 2 aromatic heterocycles. The van der Waals surface area contributed by atoms with Crippen molar-refractivity contribution in [2.24, 2.45) is 0 Å². The van der Waals surface area contributed by atoms with Crippen molar-refractivity contribution in [2.45, 2.75) is 0 Å². The summed E-state index contributed by atoms with van der Waals surface area (Å²) in [7, 11) is 1.59. The Balaban J connectivity index is 2.19. The molecule has 0 aliphatic heterocycles. The number of benzene rings is 1. The lowest BCUT2D eigenvalue weighted by Gasteiger charge is -2.05. The van der Waals surface area contributed by atoms with E-state index in [2.05, 4.69) is 10.1 Å². The van der Waals surface area contributed by atoms with Gasteiger partial charge in [0.05, 0.1) is 18.4 Å². The molecule has 0 amide bonds. The first-order valence-electron chi connectivity index (χ1n) is 6.28. The van der Waals surface area contributed by atoms with Gasteiger partial charge >= 0.3 is 0 Å². The molecule has 3 aromatic rings. The number of ether oxygens (including phenoxy) is 1. The van der Waals surface area contributed by atoms with Crippen LogP contribution in [0.4, 0.5) is 5.88 Å². The van der Waals surface area contributed by atoms with Crippen molar-refractivity contribution < 1.29 is 9.26 Å². The smallest absolute Gasteiger partial charge is 0.248 e. The maximum atomic E-state index is 11.5. The van der Waals surface area contributed by atoms with Crippen molar-refractivity contribution in [3.8, 4) is 28.3 Å². The van der Waals surface area contributed by atoms with E-state index in [1.54, 1.807) is 19.2 Å². The fourth-order valence-corrected chi connectivity index (χ4v) is 2.13. The van der Waals surface area contributed by atoms with Crippen LogP contribution in [0.5, 0.6) is 5.75 Å². The van der Waals surface area contributed by atoms with E-state index in [0.29, 0.717) is 22.7 Å². The van der Waals surface area contributed by atoms with Crippen molar-refractivity contribution in [3.05, 3.63) is 52.8 Å². The SMILES string of the molecule is COc1cccc(-c2c(-c3cccc(=O)[nH]3)noc2N)c1. The molecule has 0 saturated carbocycles. The second kappa shape index (κ2) is 5.16. The summed E-state index contributed by atoms with van der Waals surface area (Å²) in [4.78, 5) is 14.2. The van der Waals surface area contributed by atoms with E-state index >= 15 is 0 Å². The largest absolute Gasteiger partial charge is 0.497 e. The zero-order valence-electron chi connectivity index (χ0n) is 11.3. The average molecular weight is 283 g/mol. The van der Waals surface area contributed by atoms with Crippen molar-refractivity contribution in [3.63, 3.8) is 0 Å². The van der Waals surface area contributed by atoms with Crippen LogP contribution in [0.25, 0.3) is 22.5 Å². The number of hydrogen-bond acceptors (Lipinski definition) is 5. The Kier molecular flexibility index (Phi) is 3.19. The van der Waals surface area contributed by atoms with Crippen LogP contribution in [-0.2, 0) is 0 Å². The van der Waals surface area contributed by atoms with Gasteiger partial charge in [-0.2, -0.15) is 0 Å². The summed E-state index contributed by atoms with van der Waals surface area (Å²) in [5.74, 6) is 0.878. The van der Waals surface area contributed by atoms with Crippen molar-refractivity contribution in [1.82, 2.24) is 10.1 Å². The van der Waals surface area contributed by atoms with E-state index in [9.17, 15) is 4.79 Å². The monoisotopic (exact) mass is 283 g/mol. The average Bonchev–Trinajstić information content (AvgIpc) is 2.89. The summed E-state index contributed by atoms with van der Waals surface area (Å²) in [5, 5.41) is 3.95. The normalized spacial score (nSPS) is 10.5. The minimum Gasteiger partial charge on any atom is -0.497 e. The lowest BCUT2D eigenvalue weighted by atomic mass is 10.0. The number of anilines is 1. The highest BCUT2D eigenvalue weighted by Crippen LogP contribution is 2.36. The van der Waals surface area contributed by atoms with E-state index in [0.717, 1.165) is 5.56 Å². The first-order chi connectivity index (χ1) is 10.2. The Morgan fingerprint density at radius 3 is 2.81 bits per heavy atom. The summed E-state index contributed by atoms with van der Waals surface area (Å²) in [6.07, 6.45) is 0. The number of nitrogens with two attached hydrogens (primary N) is 1. The van der Waals surface area contributed by atoms with Gasteiger partial charge in [-0.1, -0.05) is 23.4 Å². The fraction of sp³-hybridized carbons (Fsp3) is 0.0667. The second-order valence-corrected chi connectivity index (χ2v) is 4.43. The number of aromatic nitrogens is 2.